The molecule has 34 heavy (non-hydrogen) atoms. The van der Waals surface area contributed by atoms with Gasteiger partial charge in [-0.25, -0.2) is 13.8 Å². The Labute approximate surface area is 208 Å². The van der Waals surface area contributed by atoms with Gasteiger partial charge in [0.2, 0.25) is 0 Å². The van der Waals surface area contributed by atoms with Crippen LogP contribution >= 0.6 is 11.6 Å². The number of nitrogens with one attached hydrogen (secondary N) is 1. The molecule has 0 amide bonds. The first-order valence-corrected chi connectivity index (χ1v) is 12.3. The fourth-order valence-corrected chi connectivity index (χ4v) is 3.78. The first-order valence-electron chi connectivity index (χ1n) is 11.9. The van der Waals surface area contributed by atoms with Crippen LogP contribution in [0.1, 0.15) is 71.4 Å². The molecule has 0 saturated heterocycles. The maximum Gasteiger partial charge on any atom is 0.127 e. The van der Waals surface area contributed by atoms with Crippen molar-refractivity contribution >= 4 is 28.7 Å². The molecule has 0 unspecified atom stereocenters. The van der Waals surface area contributed by atoms with E-state index in [1.54, 1.807) is 18.3 Å². The highest BCUT2D eigenvalue weighted by molar-refractivity contribution is 6.30. The summed E-state index contributed by atoms with van der Waals surface area (Å²) in [5, 5.41) is 3.40. The van der Waals surface area contributed by atoms with Crippen LogP contribution in [0.4, 0.5) is 14.5 Å². The van der Waals surface area contributed by atoms with E-state index in [0.29, 0.717) is 28.5 Å². The van der Waals surface area contributed by atoms with Gasteiger partial charge in [0.25, 0.3) is 0 Å². The first-order chi connectivity index (χ1) is 16.3. The second-order valence-electron chi connectivity index (χ2n) is 8.28. The number of benzene rings is 2. The molecule has 2 aromatic carbocycles. The molecule has 0 aliphatic carbocycles. The number of halogens is 3. The summed E-state index contributed by atoms with van der Waals surface area (Å²) in [6.07, 6.45) is 10.6. The molecule has 0 spiro atoms. The first kappa shape index (κ1) is 27.5. The standard InChI is InChI=1S/C29H35ClF2N2/c1-6-9-11-20(4)28(19-33-21(5)34-26-17-24(30)16-25(31)18-26)27(12-10-7-2)23-14-13-22(8-3)29(32)15-23/h11-19H,6-10H2,1-5H3,(H,33,34)/b20-11+,27-12-,28-19+. The van der Waals surface area contributed by atoms with Gasteiger partial charge in [-0.1, -0.05) is 69.5 Å². The zero-order valence-electron chi connectivity index (χ0n) is 20.8. The van der Waals surface area contributed by atoms with Gasteiger partial charge >= 0.3 is 0 Å². The van der Waals surface area contributed by atoms with Crippen LogP contribution in [0.15, 0.2) is 70.9 Å². The molecule has 2 aromatic rings. The monoisotopic (exact) mass is 484 g/mol. The van der Waals surface area contributed by atoms with E-state index in [0.717, 1.165) is 48.0 Å². The van der Waals surface area contributed by atoms with E-state index in [-0.39, 0.29) is 5.82 Å². The molecule has 0 aliphatic rings. The lowest BCUT2D eigenvalue weighted by atomic mass is 9.91. The van der Waals surface area contributed by atoms with Crippen LogP contribution in [0.5, 0.6) is 0 Å². The van der Waals surface area contributed by atoms with Crippen LogP contribution in [-0.2, 0) is 6.42 Å². The average Bonchev–Trinajstić information content (AvgIpc) is 2.78. The lowest BCUT2D eigenvalue weighted by molar-refractivity contribution is 0.612. The Hall–Kier alpha value is -2.72. The summed E-state index contributed by atoms with van der Waals surface area (Å²) < 4.78 is 28.4. The molecule has 1 N–H and O–H groups in total. The van der Waals surface area contributed by atoms with Gasteiger partial charge in [-0.3, -0.25) is 0 Å². The smallest absolute Gasteiger partial charge is 0.127 e. The SMILES string of the molecule is CCC\C=C(C(=C/N=C(C)Nc1cc(F)cc(Cl)c1)/C(C)=C/CCC)\c1ccc(CC)c(F)c1. The zero-order chi connectivity index (χ0) is 25.1. The number of aryl methyl sites for hydroxylation is 1. The van der Waals surface area contributed by atoms with Gasteiger partial charge in [0, 0.05) is 22.5 Å². The van der Waals surface area contributed by atoms with Crippen LogP contribution in [0, 0.1) is 11.6 Å². The van der Waals surface area contributed by atoms with Gasteiger partial charge in [0.1, 0.15) is 17.5 Å². The van der Waals surface area contributed by atoms with Crippen LogP contribution in [0.25, 0.3) is 5.57 Å². The molecular weight excluding hydrogens is 450 g/mol. The minimum Gasteiger partial charge on any atom is -0.344 e. The third-order valence-electron chi connectivity index (χ3n) is 5.41. The predicted molar refractivity (Wildman–Crippen MR) is 144 cm³/mol. The number of amidine groups is 1. The van der Waals surface area contributed by atoms with E-state index in [4.69, 9.17) is 11.6 Å². The highest BCUT2D eigenvalue weighted by Crippen LogP contribution is 2.31. The Bertz CT molecular complexity index is 1080. The quantitative estimate of drug-likeness (QED) is 0.202. The summed E-state index contributed by atoms with van der Waals surface area (Å²) in [5.74, 6) is -0.0224. The second-order valence-corrected chi connectivity index (χ2v) is 8.72. The fourth-order valence-electron chi connectivity index (χ4n) is 3.56. The van der Waals surface area contributed by atoms with Crippen molar-refractivity contribution in [1.29, 1.82) is 0 Å². The van der Waals surface area contributed by atoms with E-state index in [9.17, 15) is 8.78 Å². The van der Waals surface area contributed by atoms with Crippen LogP contribution < -0.4 is 5.32 Å². The number of rotatable bonds is 10. The minimum absolute atomic E-state index is 0.193. The van der Waals surface area contributed by atoms with E-state index >= 15 is 0 Å². The summed E-state index contributed by atoms with van der Waals surface area (Å²) in [6, 6.07) is 9.72. The molecule has 0 atom stereocenters. The van der Waals surface area contributed by atoms with Crippen LogP contribution in [0.3, 0.4) is 0 Å². The van der Waals surface area contributed by atoms with Crippen LogP contribution in [0.2, 0.25) is 5.02 Å². The normalized spacial score (nSPS) is 13.4. The van der Waals surface area contributed by atoms with Crippen molar-refractivity contribution in [3.63, 3.8) is 0 Å². The molecule has 0 bridgehead atoms. The second kappa shape index (κ2) is 13.9. The van der Waals surface area contributed by atoms with Crippen molar-refractivity contribution in [2.75, 3.05) is 5.32 Å². The molecule has 0 aromatic heterocycles. The molecule has 2 nitrogen and oxygen atoms in total. The highest BCUT2D eigenvalue weighted by Gasteiger charge is 2.13. The Morgan fingerprint density at radius 2 is 1.68 bits per heavy atom. The molecule has 182 valence electrons. The topological polar surface area (TPSA) is 24.4 Å². The number of anilines is 1. The number of hydrogen-bond acceptors (Lipinski definition) is 1. The summed E-state index contributed by atoms with van der Waals surface area (Å²) in [7, 11) is 0. The number of nitrogens with zero attached hydrogens (tertiary/aromatic N) is 1. The third kappa shape index (κ3) is 8.25. The number of unbranched alkanes of at least 4 members (excludes halogenated alkanes) is 2. The lowest BCUT2D eigenvalue weighted by Gasteiger charge is -2.15. The Balaban J connectivity index is 2.53. The van der Waals surface area contributed by atoms with E-state index in [2.05, 4.69) is 43.2 Å². The predicted octanol–water partition coefficient (Wildman–Crippen LogP) is 9.52. The molecule has 0 aliphatic heterocycles. The van der Waals surface area contributed by atoms with Gasteiger partial charge in [0.15, 0.2) is 0 Å². The van der Waals surface area contributed by atoms with E-state index in [1.807, 2.05) is 26.0 Å². The van der Waals surface area contributed by atoms with Crippen LogP contribution in [-0.4, -0.2) is 5.84 Å². The highest BCUT2D eigenvalue weighted by atomic mass is 35.5. The molecule has 0 radical (unpaired) electrons. The molecular formula is C29H35ClF2N2. The van der Waals surface area contributed by atoms with Gasteiger partial charge in [-0.15, -0.1) is 0 Å². The largest absolute Gasteiger partial charge is 0.344 e. The molecule has 5 heteroatoms. The Morgan fingerprint density at radius 3 is 2.29 bits per heavy atom. The van der Waals surface area contributed by atoms with Gasteiger partial charge in [-0.2, -0.15) is 0 Å². The zero-order valence-corrected chi connectivity index (χ0v) is 21.6. The Kier molecular flexibility index (Phi) is 11.2. The number of allylic oxidation sites excluding steroid dienone is 5. The average molecular weight is 485 g/mol. The van der Waals surface area contributed by atoms with Crippen molar-refractivity contribution in [3.05, 3.63) is 93.7 Å². The van der Waals surface area contributed by atoms with E-state index in [1.165, 1.54) is 12.1 Å². The van der Waals surface area contributed by atoms with Crippen molar-refractivity contribution in [2.45, 2.75) is 66.7 Å². The molecule has 0 fully saturated rings. The van der Waals surface area contributed by atoms with Crippen molar-refractivity contribution in [2.24, 2.45) is 4.99 Å². The maximum absolute atomic E-state index is 14.7. The minimum atomic E-state index is -0.417. The van der Waals surface area contributed by atoms with Crippen molar-refractivity contribution in [3.8, 4) is 0 Å². The maximum atomic E-state index is 14.7. The van der Waals surface area contributed by atoms with Gasteiger partial charge in [0.05, 0.1) is 0 Å². The van der Waals surface area contributed by atoms with Gasteiger partial charge < -0.3 is 5.32 Å². The molecule has 2 rings (SSSR count). The van der Waals surface area contributed by atoms with Crippen molar-refractivity contribution in [1.82, 2.24) is 0 Å². The summed E-state index contributed by atoms with van der Waals surface area (Å²) in [5.41, 5.74) is 5.03. The third-order valence-corrected chi connectivity index (χ3v) is 5.63. The Morgan fingerprint density at radius 1 is 0.971 bits per heavy atom. The summed E-state index contributed by atoms with van der Waals surface area (Å²) >= 11 is 5.97. The van der Waals surface area contributed by atoms with Gasteiger partial charge in [-0.05, 0) is 79.6 Å². The van der Waals surface area contributed by atoms with E-state index < -0.39 is 5.82 Å². The molecule has 0 heterocycles. The summed E-state index contributed by atoms with van der Waals surface area (Å²) in [4.78, 5) is 4.62. The summed E-state index contributed by atoms with van der Waals surface area (Å²) in [6.45, 7) is 10.1. The fraction of sp³-hybridized carbons (Fsp3) is 0.345. The number of hydrogen-bond donors (Lipinski definition) is 1. The van der Waals surface area contributed by atoms with Crippen molar-refractivity contribution < 1.29 is 8.78 Å². The number of aliphatic imine (C=N–C) groups is 1. The molecule has 0 saturated carbocycles. The lowest BCUT2D eigenvalue weighted by Crippen LogP contribution is -2.07.